The molecule has 0 aliphatic rings. The molecule has 0 aliphatic heterocycles. The fraction of sp³-hybridized carbons (Fsp3) is 0.600. The van der Waals surface area contributed by atoms with Gasteiger partial charge >= 0.3 is 6.18 Å². The molecular weight excluding hydrogens is 436 g/mol. The van der Waals surface area contributed by atoms with E-state index in [-0.39, 0.29) is 30.6 Å². The second-order valence-corrected chi connectivity index (χ2v) is 5.31. The minimum Gasteiger partial charge on any atom is -0.475 e. The zero-order valence-electron chi connectivity index (χ0n) is 14.0. The molecule has 9 heteroatoms. The highest BCUT2D eigenvalue weighted by atomic mass is 127. The lowest BCUT2D eigenvalue weighted by molar-refractivity contribution is -0.139. The molecule has 1 rings (SSSR count). The quantitative estimate of drug-likeness (QED) is 0.284. The highest BCUT2D eigenvalue weighted by Gasteiger charge is 2.34. The summed E-state index contributed by atoms with van der Waals surface area (Å²) < 4.78 is 43.5. The Morgan fingerprint density at radius 2 is 1.96 bits per heavy atom. The van der Waals surface area contributed by atoms with Gasteiger partial charge in [0.1, 0.15) is 12.2 Å². The van der Waals surface area contributed by atoms with Gasteiger partial charge in [0.15, 0.2) is 5.96 Å². The van der Waals surface area contributed by atoms with Crippen LogP contribution >= 0.6 is 24.0 Å². The van der Waals surface area contributed by atoms with E-state index in [2.05, 4.69) is 34.5 Å². The molecule has 1 heterocycles. The number of ether oxygens (including phenoxy) is 1. The third-order valence-electron chi connectivity index (χ3n) is 2.95. The first-order chi connectivity index (χ1) is 10.8. The van der Waals surface area contributed by atoms with E-state index in [1.54, 1.807) is 7.05 Å². The summed E-state index contributed by atoms with van der Waals surface area (Å²) in [5.74, 6) is 0.754. The van der Waals surface area contributed by atoms with Crippen LogP contribution in [0.5, 0.6) is 5.88 Å². The number of nitrogens with zero attached hydrogens (tertiary/aromatic N) is 2. The maximum Gasteiger partial charge on any atom is 0.421 e. The minimum atomic E-state index is -4.48. The summed E-state index contributed by atoms with van der Waals surface area (Å²) in [5.41, 5.74) is -0.876. The summed E-state index contributed by atoms with van der Waals surface area (Å²) >= 11 is 0. The monoisotopic (exact) mass is 460 g/mol. The maximum atomic E-state index is 12.8. The third kappa shape index (κ3) is 8.55. The van der Waals surface area contributed by atoms with Crippen molar-refractivity contribution in [2.45, 2.75) is 26.4 Å². The summed E-state index contributed by atoms with van der Waals surface area (Å²) in [5, 5.41) is 6.10. The zero-order chi connectivity index (χ0) is 17.3. The lowest BCUT2D eigenvalue weighted by Crippen LogP contribution is -2.40. The first-order valence-electron chi connectivity index (χ1n) is 7.44. The Labute approximate surface area is 157 Å². The molecule has 0 unspecified atom stereocenters. The van der Waals surface area contributed by atoms with Gasteiger partial charge in [-0.3, -0.25) is 4.99 Å². The zero-order valence-corrected chi connectivity index (χ0v) is 16.3. The lowest BCUT2D eigenvalue weighted by atomic mass is 10.1. The van der Waals surface area contributed by atoms with E-state index in [4.69, 9.17) is 4.74 Å². The number of rotatable bonds is 7. The number of hydrogen-bond donors (Lipinski definition) is 2. The van der Waals surface area contributed by atoms with Gasteiger partial charge in [0.25, 0.3) is 0 Å². The Kier molecular flexibility index (Phi) is 10.7. The van der Waals surface area contributed by atoms with E-state index < -0.39 is 17.6 Å². The summed E-state index contributed by atoms with van der Waals surface area (Å²) in [6.45, 7) is 5.38. The van der Waals surface area contributed by atoms with E-state index in [1.165, 1.54) is 12.3 Å². The molecule has 0 saturated carbocycles. The molecule has 24 heavy (non-hydrogen) atoms. The second-order valence-electron chi connectivity index (χ2n) is 5.31. The predicted octanol–water partition coefficient (Wildman–Crippen LogP) is 3.31. The highest BCUT2D eigenvalue weighted by Crippen LogP contribution is 2.34. The molecule has 138 valence electrons. The first-order valence-corrected chi connectivity index (χ1v) is 7.44. The number of nitrogens with one attached hydrogen (secondary N) is 2. The fourth-order valence-electron chi connectivity index (χ4n) is 1.74. The molecule has 1 aromatic rings. The van der Waals surface area contributed by atoms with Gasteiger partial charge in [0.05, 0.1) is 6.54 Å². The number of alkyl halides is 3. The molecule has 0 saturated heterocycles. The van der Waals surface area contributed by atoms with Gasteiger partial charge in [-0.2, -0.15) is 13.2 Å². The van der Waals surface area contributed by atoms with Gasteiger partial charge in [-0.15, -0.1) is 24.0 Å². The van der Waals surface area contributed by atoms with Crippen molar-refractivity contribution in [3.05, 3.63) is 23.9 Å². The number of guanidine groups is 1. The first kappa shape index (κ1) is 22.7. The van der Waals surface area contributed by atoms with Crippen molar-refractivity contribution >= 4 is 29.9 Å². The smallest absolute Gasteiger partial charge is 0.421 e. The standard InChI is InChI=1S/C15H23F3N4O.HI/c1-11(2)6-8-21-14(19-3)22-9-10-23-13-12(15(16,17)18)5-4-7-20-13;/h4-5,7,11H,6,8-10H2,1-3H3,(H2,19,21,22);1H. The van der Waals surface area contributed by atoms with Gasteiger partial charge in [-0.05, 0) is 24.5 Å². The average molecular weight is 460 g/mol. The minimum absolute atomic E-state index is 0. The van der Waals surface area contributed by atoms with Crippen molar-refractivity contribution < 1.29 is 17.9 Å². The van der Waals surface area contributed by atoms with Crippen LogP contribution in [0.4, 0.5) is 13.2 Å². The van der Waals surface area contributed by atoms with Gasteiger partial charge in [0.2, 0.25) is 5.88 Å². The Morgan fingerprint density at radius 1 is 1.29 bits per heavy atom. The molecule has 5 nitrogen and oxygen atoms in total. The topological polar surface area (TPSA) is 58.5 Å². The highest BCUT2D eigenvalue weighted by molar-refractivity contribution is 14.0. The summed E-state index contributed by atoms with van der Waals surface area (Å²) in [7, 11) is 1.63. The van der Waals surface area contributed by atoms with Crippen molar-refractivity contribution in [3.63, 3.8) is 0 Å². The van der Waals surface area contributed by atoms with Gasteiger partial charge in [-0.25, -0.2) is 4.98 Å². The van der Waals surface area contributed by atoms with Crippen molar-refractivity contribution in [2.24, 2.45) is 10.9 Å². The van der Waals surface area contributed by atoms with Crippen LogP contribution < -0.4 is 15.4 Å². The van der Waals surface area contributed by atoms with Crippen molar-refractivity contribution in [2.75, 3.05) is 26.7 Å². The van der Waals surface area contributed by atoms with Crippen LogP contribution in [0.2, 0.25) is 0 Å². The molecule has 1 aromatic heterocycles. The van der Waals surface area contributed by atoms with Crippen LogP contribution in [0.1, 0.15) is 25.8 Å². The van der Waals surface area contributed by atoms with Gasteiger partial charge in [-0.1, -0.05) is 13.8 Å². The number of pyridine rings is 1. The largest absolute Gasteiger partial charge is 0.475 e. The molecular formula is C15H24F3IN4O. The van der Waals surface area contributed by atoms with Crippen LogP contribution in [0.25, 0.3) is 0 Å². The number of aliphatic imine (C=N–C) groups is 1. The lowest BCUT2D eigenvalue weighted by Gasteiger charge is -2.14. The number of halogens is 4. The second kappa shape index (κ2) is 11.3. The van der Waals surface area contributed by atoms with Crippen LogP contribution in [0.3, 0.4) is 0 Å². The van der Waals surface area contributed by atoms with Gasteiger partial charge in [0, 0.05) is 19.8 Å². The van der Waals surface area contributed by atoms with E-state index >= 15 is 0 Å². The SMILES string of the molecule is CN=C(NCCOc1ncccc1C(F)(F)F)NCCC(C)C.I. The van der Waals surface area contributed by atoms with Crippen LogP contribution in [-0.4, -0.2) is 37.7 Å². The van der Waals surface area contributed by atoms with Gasteiger partial charge < -0.3 is 15.4 Å². The summed E-state index contributed by atoms with van der Waals surface area (Å²) in [4.78, 5) is 7.66. The van der Waals surface area contributed by atoms with Crippen LogP contribution in [-0.2, 0) is 6.18 Å². The van der Waals surface area contributed by atoms with Crippen LogP contribution in [0, 0.1) is 5.92 Å². The third-order valence-corrected chi connectivity index (χ3v) is 2.95. The Hall–Kier alpha value is -1.26. The molecule has 0 spiro atoms. The fourth-order valence-corrected chi connectivity index (χ4v) is 1.74. The van der Waals surface area contributed by atoms with E-state index in [0.717, 1.165) is 19.0 Å². The Balaban J connectivity index is 0.00000529. The predicted molar refractivity (Wildman–Crippen MR) is 99.0 cm³/mol. The number of hydrogen-bond acceptors (Lipinski definition) is 3. The van der Waals surface area contributed by atoms with Crippen molar-refractivity contribution in [1.29, 1.82) is 0 Å². The summed E-state index contributed by atoms with van der Waals surface area (Å²) in [6.07, 6.45) is -2.21. The molecule has 0 aromatic carbocycles. The van der Waals surface area contributed by atoms with E-state index in [9.17, 15) is 13.2 Å². The molecule has 0 radical (unpaired) electrons. The normalized spacial score (nSPS) is 11.9. The van der Waals surface area contributed by atoms with E-state index in [1.807, 2.05) is 0 Å². The maximum absolute atomic E-state index is 12.8. The molecule has 0 fully saturated rings. The molecule has 0 amide bonds. The Bertz CT molecular complexity index is 510. The van der Waals surface area contributed by atoms with Crippen LogP contribution in [0.15, 0.2) is 23.3 Å². The summed E-state index contributed by atoms with van der Waals surface area (Å²) in [6, 6.07) is 2.18. The Morgan fingerprint density at radius 3 is 2.54 bits per heavy atom. The molecule has 2 N–H and O–H groups in total. The molecule has 0 atom stereocenters. The van der Waals surface area contributed by atoms with E-state index in [0.29, 0.717) is 18.4 Å². The molecule has 0 bridgehead atoms. The molecule has 0 aliphatic carbocycles. The van der Waals surface area contributed by atoms with Crippen molar-refractivity contribution in [1.82, 2.24) is 15.6 Å². The average Bonchev–Trinajstić information content (AvgIpc) is 2.48. The van der Waals surface area contributed by atoms with Crippen molar-refractivity contribution in [3.8, 4) is 5.88 Å². The number of aromatic nitrogens is 1.